The van der Waals surface area contributed by atoms with Crippen molar-refractivity contribution in [3.8, 4) is 0 Å². The van der Waals surface area contributed by atoms with Crippen LogP contribution in [0.25, 0.3) is 0 Å². The lowest BCUT2D eigenvalue weighted by Crippen LogP contribution is -2.07. The van der Waals surface area contributed by atoms with Crippen molar-refractivity contribution in [3.63, 3.8) is 0 Å². The van der Waals surface area contributed by atoms with Crippen molar-refractivity contribution in [2.45, 2.75) is 12.9 Å². The summed E-state index contributed by atoms with van der Waals surface area (Å²) in [6, 6.07) is 6.48. The van der Waals surface area contributed by atoms with Crippen LogP contribution in [0.15, 0.2) is 36.4 Å². The lowest BCUT2D eigenvalue weighted by atomic mass is 10.2. The summed E-state index contributed by atoms with van der Waals surface area (Å²) >= 11 is 0. The summed E-state index contributed by atoms with van der Waals surface area (Å²) in [5.74, 6) is -4.71. The van der Waals surface area contributed by atoms with E-state index >= 15 is 0 Å². The molecular weight excluding hydrogens is 276 g/mol. The first-order chi connectivity index (χ1) is 9.50. The van der Waals surface area contributed by atoms with E-state index < -0.39 is 41.7 Å². The molecule has 0 aliphatic carbocycles. The van der Waals surface area contributed by atoms with Crippen molar-refractivity contribution in [1.82, 2.24) is 0 Å². The highest BCUT2D eigenvalue weighted by atomic mass is 19.2. The number of halogens is 4. The minimum atomic E-state index is -2.03. The van der Waals surface area contributed by atoms with Crippen molar-refractivity contribution >= 4 is 0 Å². The van der Waals surface area contributed by atoms with Crippen LogP contribution in [-0.4, -0.2) is 0 Å². The zero-order chi connectivity index (χ0) is 14.7. The number of ether oxygens (including phenoxy) is 1. The van der Waals surface area contributed by atoms with Crippen molar-refractivity contribution in [2.75, 3.05) is 0 Å². The van der Waals surface area contributed by atoms with E-state index in [0.29, 0.717) is 0 Å². The predicted octanol–water partition coefficient (Wildman–Crippen LogP) is 3.89. The molecule has 0 bridgehead atoms. The van der Waals surface area contributed by atoms with E-state index in [2.05, 4.69) is 0 Å². The van der Waals surface area contributed by atoms with Crippen molar-refractivity contribution in [2.24, 2.45) is 0 Å². The van der Waals surface area contributed by atoms with E-state index in [1.807, 2.05) is 0 Å². The van der Waals surface area contributed by atoms with Gasteiger partial charge in [-0.05, 0) is 12.1 Å². The minimum absolute atomic E-state index is 0.178. The van der Waals surface area contributed by atoms with Crippen LogP contribution in [0, 0.1) is 23.3 Å². The topological polar surface area (TPSA) is 29.1 Å². The zero-order valence-corrected chi connectivity index (χ0v) is 10.1. The van der Waals surface area contributed by atoms with Gasteiger partial charge in [0.05, 0.1) is 6.61 Å². The minimum Gasteiger partial charge on any atom is -0.341 e. The molecule has 0 N–H and O–H groups in total. The van der Waals surface area contributed by atoms with Crippen LogP contribution in [0.1, 0.15) is 17.4 Å². The molecule has 0 aliphatic heterocycles. The van der Waals surface area contributed by atoms with Gasteiger partial charge in [-0.15, -0.1) is 0 Å². The van der Waals surface area contributed by atoms with Gasteiger partial charge >= 0.3 is 0 Å². The molecule has 2 nitrogen and oxygen atoms in total. The second-order valence-electron chi connectivity index (χ2n) is 4.00. The Morgan fingerprint density at radius 3 is 2.20 bits per heavy atom. The van der Waals surface area contributed by atoms with Crippen LogP contribution in [0.4, 0.5) is 17.6 Å². The van der Waals surface area contributed by atoms with Gasteiger partial charge in [0, 0.05) is 11.1 Å². The summed E-state index contributed by atoms with van der Waals surface area (Å²) in [5, 5.41) is 11.6. The first-order valence-electron chi connectivity index (χ1n) is 5.65. The molecule has 1 unspecified atom stereocenters. The molecule has 0 amide bonds. The van der Waals surface area contributed by atoms with Gasteiger partial charge in [0.15, 0.2) is 23.3 Å². The molecule has 2 aromatic rings. The molecule has 0 aliphatic rings. The molecule has 1 radical (unpaired) electrons. The number of rotatable bonds is 4. The van der Waals surface area contributed by atoms with Gasteiger partial charge in [0.2, 0.25) is 6.29 Å². The Bertz CT molecular complexity index is 616. The molecule has 0 saturated carbocycles. The number of hydrogen-bond donors (Lipinski definition) is 0. The fraction of sp³-hybridized carbons (Fsp3) is 0.143. The first kappa shape index (κ1) is 14.5. The van der Waals surface area contributed by atoms with E-state index in [1.165, 1.54) is 12.1 Å². The van der Waals surface area contributed by atoms with Gasteiger partial charge in [0.25, 0.3) is 0 Å². The second kappa shape index (κ2) is 6.02. The molecule has 0 aromatic heterocycles. The smallest absolute Gasteiger partial charge is 0.220 e. The van der Waals surface area contributed by atoms with Crippen LogP contribution in [-0.2, 0) is 16.5 Å². The SMILES string of the molecule is [O]C(OCc1cccc(F)c1F)c1cccc(F)c1F. The van der Waals surface area contributed by atoms with Crippen LogP contribution in [0.3, 0.4) is 0 Å². The highest BCUT2D eigenvalue weighted by Gasteiger charge is 2.19. The third kappa shape index (κ3) is 2.97. The molecule has 2 aromatic carbocycles. The third-order valence-electron chi connectivity index (χ3n) is 2.66. The number of hydrogen-bond acceptors (Lipinski definition) is 1. The molecule has 0 fully saturated rings. The average Bonchev–Trinajstić information content (AvgIpc) is 2.43. The number of benzene rings is 2. The summed E-state index contributed by atoms with van der Waals surface area (Å²) in [6.07, 6.45) is -2.03. The van der Waals surface area contributed by atoms with Gasteiger partial charge in [-0.2, -0.15) is 5.11 Å². The highest BCUT2D eigenvalue weighted by Crippen LogP contribution is 2.23. The van der Waals surface area contributed by atoms with Crippen molar-refractivity contribution in [3.05, 3.63) is 70.8 Å². The molecule has 1 atom stereocenters. The third-order valence-corrected chi connectivity index (χ3v) is 2.66. The maximum absolute atomic E-state index is 13.3. The van der Waals surface area contributed by atoms with Gasteiger partial charge < -0.3 is 4.74 Å². The van der Waals surface area contributed by atoms with Crippen LogP contribution >= 0.6 is 0 Å². The Labute approximate surface area is 112 Å². The van der Waals surface area contributed by atoms with E-state index in [0.717, 1.165) is 24.3 Å². The maximum atomic E-state index is 13.3. The van der Waals surface area contributed by atoms with Crippen molar-refractivity contribution in [1.29, 1.82) is 0 Å². The highest BCUT2D eigenvalue weighted by molar-refractivity contribution is 5.21. The molecule has 0 spiro atoms. The predicted molar refractivity (Wildman–Crippen MR) is 60.9 cm³/mol. The Morgan fingerprint density at radius 1 is 0.900 bits per heavy atom. The Morgan fingerprint density at radius 2 is 1.50 bits per heavy atom. The second-order valence-corrected chi connectivity index (χ2v) is 4.00. The van der Waals surface area contributed by atoms with E-state index in [-0.39, 0.29) is 5.56 Å². The van der Waals surface area contributed by atoms with Crippen LogP contribution < -0.4 is 0 Å². The van der Waals surface area contributed by atoms with Crippen LogP contribution in [0.5, 0.6) is 0 Å². The quantitative estimate of drug-likeness (QED) is 0.619. The molecule has 0 saturated heterocycles. The van der Waals surface area contributed by atoms with Crippen molar-refractivity contribution < 1.29 is 27.4 Å². The summed E-state index contributed by atoms with van der Waals surface area (Å²) in [5.41, 5.74) is -0.704. The monoisotopic (exact) mass is 285 g/mol. The standard InChI is InChI=1S/C14H9F4O2/c15-10-5-1-3-8(12(10)17)7-20-14(19)9-4-2-6-11(16)13(9)18/h1-6,14H,7H2. The van der Waals surface area contributed by atoms with E-state index in [1.54, 1.807) is 0 Å². The maximum Gasteiger partial charge on any atom is 0.220 e. The van der Waals surface area contributed by atoms with Gasteiger partial charge in [0.1, 0.15) is 0 Å². The largest absolute Gasteiger partial charge is 0.341 e. The molecule has 105 valence electrons. The average molecular weight is 285 g/mol. The molecular formula is C14H9F4O2. The normalized spacial score (nSPS) is 12.4. The summed E-state index contributed by atoms with van der Waals surface area (Å²) in [7, 11) is 0. The molecule has 6 heteroatoms. The summed E-state index contributed by atoms with van der Waals surface area (Å²) in [4.78, 5) is 0. The Hall–Kier alpha value is -1.92. The lowest BCUT2D eigenvalue weighted by Gasteiger charge is -2.12. The van der Waals surface area contributed by atoms with Gasteiger partial charge in [-0.1, -0.05) is 24.3 Å². The molecule has 2 rings (SSSR count). The Kier molecular flexibility index (Phi) is 4.36. The van der Waals surface area contributed by atoms with E-state index in [4.69, 9.17) is 4.74 Å². The van der Waals surface area contributed by atoms with Crippen LogP contribution in [0.2, 0.25) is 0 Å². The molecule has 20 heavy (non-hydrogen) atoms. The summed E-state index contributed by atoms with van der Waals surface area (Å²) in [6.45, 7) is -0.548. The first-order valence-corrected chi connectivity index (χ1v) is 5.65. The lowest BCUT2D eigenvalue weighted by molar-refractivity contribution is -0.154. The zero-order valence-electron chi connectivity index (χ0n) is 10.1. The molecule has 0 heterocycles. The fourth-order valence-electron chi connectivity index (χ4n) is 1.62. The summed E-state index contributed by atoms with van der Waals surface area (Å²) < 4.78 is 57.2. The Balaban J connectivity index is 2.11. The van der Waals surface area contributed by atoms with Gasteiger partial charge in [-0.3, -0.25) is 0 Å². The van der Waals surface area contributed by atoms with Gasteiger partial charge in [-0.25, -0.2) is 17.6 Å². The fourth-order valence-corrected chi connectivity index (χ4v) is 1.62. The van der Waals surface area contributed by atoms with E-state index in [9.17, 15) is 22.7 Å².